The third kappa shape index (κ3) is 2.99. The largest absolute Gasteiger partial charge is 0.494 e. The van der Waals surface area contributed by atoms with Gasteiger partial charge in [-0.3, -0.25) is 0 Å². The lowest BCUT2D eigenvalue weighted by Gasteiger charge is -2.18. The van der Waals surface area contributed by atoms with Crippen molar-refractivity contribution in [2.45, 2.75) is 26.8 Å². The second kappa shape index (κ2) is 6.06. The molecule has 0 amide bonds. The third-order valence-corrected chi connectivity index (χ3v) is 3.42. The Bertz CT molecular complexity index is 569. The van der Waals surface area contributed by atoms with Gasteiger partial charge < -0.3 is 10.5 Å². The minimum Gasteiger partial charge on any atom is -0.494 e. The van der Waals surface area contributed by atoms with Gasteiger partial charge in [-0.05, 0) is 67.3 Å². The van der Waals surface area contributed by atoms with Gasteiger partial charge in [0.2, 0.25) is 0 Å². The van der Waals surface area contributed by atoms with Crippen molar-refractivity contribution >= 4 is 0 Å². The minimum atomic E-state index is -0.258. The fraction of sp³-hybridized carbons (Fsp3) is 0.294. The third-order valence-electron chi connectivity index (χ3n) is 3.42. The van der Waals surface area contributed by atoms with Crippen LogP contribution in [0.5, 0.6) is 5.75 Å². The first-order chi connectivity index (χ1) is 9.52. The summed E-state index contributed by atoms with van der Waals surface area (Å²) in [6.45, 7) is 6.37. The maximum atomic E-state index is 13.4. The molecule has 0 fully saturated rings. The van der Waals surface area contributed by atoms with Gasteiger partial charge in [0.25, 0.3) is 0 Å². The zero-order valence-electron chi connectivity index (χ0n) is 12.1. The molecule has 0 aliphatic carbocycles. The van der Waals surface area contributed by atoms with Crippen molar-refractivity contribution in [3.8, 4) is 5.75 Å². The first kappa shape index (κ1) is 14.5. The molecular formula is C17H20FNO. The molecule has 20 heavy (non-hydrogen) atoms. The van der Waals surface area contributed by atoms with E-state index in [0.717, 1.165) is 28.0 Å². The Morgan fingerprint density at radius 3 is 2.15 bits per heavy atom. The van der Waals surface area contributed by atoms with E-state index in [1.165, 1.54) is 12.1 Å². The Hall–Kier alpha value is -1.87. The van der Waals surface area contributed by atoms with Gasteiger partial charge in [0.05, 0.1) is 12.6 Å². The summed E-state index contributed by atoms with van der Waals surface area (Å²) < 4.78 is 18.8. The van der Waals surface area contributed by atoms with Crippen LogP contribution in [0, 0.1) is 19.7 Å². The fourth-order valence-corrected chi connectivity index (χ4v) is 2.52. The number of halogens is 1. The Labute approximate surface area is 119 Å². The number of rotatable bonds is 4. The van der Waals surface area contributed by atoms with E-state index >= 15 is 0 Å². The molecule has 0 heterocycles. The molecule has 1 atom stereocenters. The zero-order chi connectivity index (χ0) is 14.7. The van der Waals surface area contributed by atoms with E-state index in [-0.39, 0.29) is 11.9 Å². The molecule has 0 saturated heterocycles. The predicted octanol–water partition coefficient (Wildman–Crippen LogP) is 3.89. The molecule has 2 rings (SSSR count). The Balaban J connectivity index is 2.33. The SMILES string of the molecule is CCOc1ccc(C(N)c2c(C)cc(F)cc2C)cc1. The summed E-state index contributed by atoms with van der Waals surface area (Å²) in [6, 6.07) is 10.5. The lowest BCUT2D eigenvalue weighted by atomic mass is 9.92. The van der Waals surface area contributed by atoms with E-state index < -0.39 is 0 Å². The van der Waals surface area contributed by atoms with Crippen LogP contribution in [-0.2, 0) is 0 Å². The molecule has 0 saturated carbocycles. The average molecular weight is 273 g/mol. The van der Waals surface area contributed by atoms with Gasteiger partial charge in [0.1, 0.15) is 11.6 Å². The van der Waals surface area contributed by atoms with Crippen molar-refractivity contribution in [3.63, 3.8) is 0 Å². The number of aryl methyl sites for hydroxylation is 2. The van der Waals surface area contributed by atoms with Crippen LogP contribution in [0.25, 0.3) is 0 Å². The van der Waals surface area contributed by atoms with E-state index in [1.54, 1.807) is 0 Å². The van der Waals surface area contributed by atoms with Crippen LogP contribution in [-0.4, -0.2) is 6.61 Å². The minimum absolute atomic E-state index is 0.220. The van der Waals surface area contributed by atoms with E-state index in [4.69, 9.17) is 10.5 Å². The molecule has 2 aromatic rings. The lowest BCUT2D eigenvalue weighted by molar-refractivity contribution is 0.340. The first-order valence-electron chi connectivity index (χ1n) is 6.78. The van der Waals surface area contributed by atoms with Crippen molar-refractivity contribution in [3.05, 3.63) is 64.5 Å². The molecule has 2 aromatic carbocycles. The van der Waals surface area contributed by atoms with E-state index in [0.29, 0.717) is 6.61 Å². The Morgan fingerprint density at radius 1 is 1.10 bits per heavy atom. The van der Waals surface area contributed by atoms with Gasteiger partial charge in [0, 0.05) is 0 Å². The van der Waals surface area contributed by atoms with E-state index in [1.807, 2.05) is 45.0 Å². The summed E-state index contributed by atoms with van der Waals surface area (Å²) in [6.07, 6.45) is 0. The highest BCUT2D eigenvalue weighted by Gasteiger charge is 2.15. The smallest absolute Gasteiger partial charge is 0.123 e. The summed E-state index contributed by atoms with van der Waals surface area (Å²) >= 11 is 0. The maximum Gasteiger partial charge on any atom is 0.123 e. The van der Waals surface area contributed by atoms with Gasteiger partial charge in [-0.25, -0.2) is 4.39 Å². The number of ether oxygens (including phenoxy) is 1. The molecule has 0 bridgehead atoms. The number of benzene rings is 2. The second-order valence-electron chi connectivity index (χ2n) is 4.93. The van der Waals surface area contributed by atoms with Gasteiger partial charge in [0.15, 0.2) is 0 Å². The van der Waals surface area contributed by atoms with Crippen molar-refractivity contribution in [1.29, 1.82) is 0 Å². The normalized spacial score (nSPS) is 12.2. The summed E-state index contributed by atoms with van der Waals surface area (Å²) in [5, 5.41) is 0. The molecule has 0 aliphatic heterocycles. The molecule has 0 aliphatic rings. The van der Waals surface area contributed by atoms with Gasteiger partial charge in [-0.15, -0.1) is 0 Å². The molecular weight excluding hydrogens is 253 g/mol. The predicted molar refractivity (Wildman–Crippen MR) is 79.5 cm³/mol. The first-order valence-corrected chi connectivity index (χ1v) is 6.78. The molecule has 2 nitrogen and oxygen atoms in total. The highest BCUT2D eigenvalue weighted by molar-refractivity contribution is 5.43. The van der Waals surface area contributed by atoms with Crippen molar-refractivity contribution in [2.24, 2.45) is 5.73 Å². The molecule has 0 spiro atoms. The second-order valence-corrected chi connectivity index (χ2v) is 4.93. The van der Waals surface area contributed by atoms with Gasteiger partial charge in [-0.2, -0.15) is 0 Å². The van der Waals surface area contributed by atoms with Crippen LogP contribution in [0.2, 0.25) is 0 Å². The highest BCUT2D eigenvalue weighted by Crippen LogP contribution is 2.27. The molecule has 1 unspecified atom stereocenters. The molecule has 3 heteroatoms. The molecule has 106 valence electrons. The average Bonchev–Trinajstić information content (AvgIpc) is 2.38. The van der Waals surface area contributed by atoms with Crippen molar-refractivity contribution in [2.75, 3.05) is 6.61 Å². The summed E-state index contributed by atoms with van der Waals surface area (Å²) in [5.41, 5.74) is 10.1. The van der Waals surface area contributed by atoms with Crippen LogP contribution in [0.4, 0.5) is 4.39 Å². The molecule has 0 radical (unpaired) electrons. The van der Waals surface area contributed by atoms with Crippen LogP contribution >= 0.6 is 0 Å². The van der Waals surface area contributed by atoms with E-state index in [9.17, 15) is 4.39 Å². The molecule has 2 N–H and O–H groups in total. The van der Waals surface area contributed by atoms with E-state index in [2.05, 4.69) is 0 Å². The van der Waals surface area contributed by atoms with Crippen LogP contribution in [0.1, 0.15) is 35.2 Å². The van der Waals surface area contributed by atoms with Crippen LogP contribution < -0.4 is 10.5 Å². The summed E-state index contributed by atoms with van der Waals surface area (Å²) in [4.78, 5) is 0. The summed E-state index contributed by atoms with van der Waals surface area (Å²) in [7, 11) is 0. The fourth-order valence-electron chi connectivity index (χ4n) is 2.52. The number of hydrogen-bond acceptors (Lipinski definition) is 2. The topological polar surface area (TPSA) is 35.2 Å². The number of nitrogens with two attached hydrogens (primary N) is 1. The number of hydrogen-bond donors (Lipinski definition) is 1. The van der Waals surface area contributed by atoms with Crippen molar-refractivity contribution < 1.29 is 9.13 Å². The quantitative estimate of drug-likeness (QED) is 0.917. The Kier molecular flexibility index (Phi) is 4.40. The summed E-state index contributed by atoms with van der Waals surface area (Å²) in [5.74, 6) is 0.610. The Morgan fingerprint density at radius 2 is 1.65 bits per heavy atom. The van der Waals surface area contributed by atoms with Gasteiger partial charge in [-0.1, -0.05) is 12.1 Å². The molecule has 0 aromatic heterocycles. The van der Waals surface area contributed by atoms with Crippen molar-refractivity contribution in [1.82, 2.24) is 0 Å². The maximum absolute atomic E-state index is 13.4. The standard InChI is InChI=1S/C17H20FNO/c1-4-20-15-7-5-13(6-8-15)17(19)16-11(2)9-14(18)10-12(16)3/h5-10,17H,4,19H2,1-3H3. The van der Waals surface area contributed by atoms with Crippen LogP contribution in [0.3, 0.4) is 0 Å². The highest BCUT2D eigenvalue weighted by atomic mass is 19.1. The van der Waals surface area contributed by atoms with Gasteiger partial charge >= 0.3 is 0 Å². The lowest BCUT2D eigenvalue weighted by Crippen LogP contribution is -2.15. The van der Waals surface area contributed by atoms with Crippen LogP contribution in [0.15, 0.2) is 36.4 Å². The zero-order valence-corrected chi connectivity index (χ0v) is 12.1. The monoisotopic (exact) mass is 273 g/mol.